The van der Waals surface area contributed by atoms with Crippen molar-refractivity contribution in [3.63, 3.8) is 0 Å². The fraction of sp³-hybridized carbons (Fsp3) is 0.600. The number of rotatable bonds is 4. The molecule has 0 radical (unpaired) electrons. The van der Waals surface area contributed by atoms with Crippen molar-refractivity contribution in [1.82, 2.24) is 0 Å². The lowest BCUT2D eigenvalue weighted by Crippen LogP contribution is -1.96. The number of methoxy groups -OCH3 is 1. The van der Waals surface area contributed by atoms with Gasteiger partial charge in [0.05, 0.1) is 12.9 Å². The third-order valence-corrected chi connectivity index (χ3v) is 2.12. The predicted molar refractivity (Wildman–Crippen MR) is 48.7 cm³/mol. The van der Waals surface area contributed by atoms with E-state index in [0.29, 0.717) is 0 Å². The lowest BCUT2D eigenvalue weighted by Gasteiger charge is -2.12. The highest BCUT2D eigenvalue weighted by atomic mass is 16.5. The van der Waals surface area contributed by atoms with Gasteiger partial charge >= 0.3 is 0 Å². The molecule has 0 aromatic rings. The van der Waals surface area contributed by atoms with Gasteiger partial charge in [-0.05, 0) is 25.3 Å². The monoisotopic (exact) mass is 168 g/mol. The topological polar surface area (TPSA) is 29.5 Å². The smallest absolute Gasteiger partial charge is 0.0958 e. The molecule has 12 heavy (non-hydrogen) atoms. The summed E-state index contributed by atoms with van der Waals surface area (Å²) in [6.45, 7) is 0.290. The molecule has 0 heterocycles. The van der Waals surface area contributed by atoms with Crippen LogP contribution >= 0.6 is 0 Å². The van der Waals surface area contributed by atoms with Crippen LogP contribution in [0.2, 0.25) is 0 Å². The van der Waals surface area contributed by atoms with Crippen molar-refractivity contribution >= 4 is 0 Å². The van der Waals surface area contributed by atoms with E-state index in [9.17, 15) is 0 Å². The van der Waals surface area contributed by atoms with Gasteiger partial charge in [0.1, 0.15) is 0 Å². The molecular weight excluding hydrogens is 152 g/mol. The first-order chi connectivity index (χ1) is 5.86. The second-order valence-electron chi connectivity index (χ2n) is 2.99. The summed E-state index contributed by atoms with van der Waals surface area (Å²) in [5.41, 5.74) is 1.42. The zero-order valence-electron chi connectivity index (χ0n) is 7.55. The Morgan fingerprint density at radius 1 is 1.42 bits per heavy atom. The Bertz CT molecular complexity index is 192. The fourth-order valence-corrected chi connectivity index (χ4v) is 1.35. The molecule has 1 aliphatic rings. The summed E-state index contributed by atoms with van der Waals surface area (Å²) in [4.78, 5) is 0. The lowest BCUT2D eigenvalue weighted by molar-refractivity contribution is 0.273. The number of aliphatic hydroxyl groups excluding tert-OH is 1. The average molecular weight is 168 g/mol. The van der Waals surface area contributed by atoms with Gasteiger partial charge in [0.2, 0.25) is 0 Å². The van der Waals surface area contributed by atoms with Crippen LogP contribution in [-0.4, -0.2) is 18.8 Å². The van der Waals surface area contributed by atoms with Gasteiger partial charge in [-0.2, -0.15) is 0 Å². The largest absolute Gasteiger partial charge is 0.501 e. The second-order valence-corrected chi connectivity index (χ2v) is 2.99. The molecule has 0 unspecified atom stereocenters. The molecule has 1 N–H and O–H groups in total. The summed E-state index contributed by atoms with van der Waals surface area (Å²) in [5, 5.41) is 8.63. The van der Waals surface area contributed by atoms with Gasteiger partial charge in [-0.25, -0.2) is 0 Å². The third kappa shape index (κ3) is 2.70. The summed E-state index contributed by atoms with van der Waals surface area (Å²) >= 11 is 0. The summed E-state index contributed by atoms with van der Waals surface area (Å²) < 4.78 is 5.11. The molecule has 1 rings (SSSR count). The Morgan fingerprint density at radius 2 is 2.25 bits per heavy atom. The molecule has 0 atom stereocenters. The van der Waals surface area contributed by atoms with Crippen LogP contribution in [0.3, 0.4) is 0 Å². The molecular formula is C10H16O2. The number of hydrogen-bond acceptors (Lipinski definition) is 2. The van der Waals surface area contributed by atoms with E-state index in [-0.39, 0.29) is 6.61 Å². The molecule has 0 aromatic carbocycles. The minimum absolute atomic E-state index is 0.290. The Balaban J connectivity index is 2.37. The van der Waals surface area contributed by atoms with Crippen LogP contribution in [0.1, 0.15) is 25.7 Å². The van der Waals surface area contributed by atoms with Crippen LogP contribution in [0, 0.1) is 0 Å². The summed E-state index contributed by atoms with van der Waals surface area (Å²) in [6, 6.07) is 0. The second kappa shape index (κ2) is 4.99. The molecule has 0 bridgehead atoms. The van der Waals surface area contributed by atoms with Crippen molar-refractivity contribution in [2.75, 3.05) is 13.7 Å². The lowest BCUT2D eigenvalue weighted by atomic mass is 10.00. The minimum Gasteiger partial charge on any atom is -0.501 e. The van der Waals surface area contributed by atoms with Crippen LogP contribution in [0.15, 0.2) is 23.5 Å². The number of ether oxygens (including phenoxy) is 1. The van der Waals surface area contributed by atoms with Crippen molar-refractivity contribution in [2.45, 2.75) is 25.7 Å². The zero-order valence-corrected chi connectivity index (χ0v) is 7.55. The van der Waals surface area contributed by atoms with Gasteiger partial charge in [-0.15, -0.1) is 0 Å². The van der Waals surface area contributed by atoms with Crippen LogP contribution in [0.4, 0.5) is 0 Å². The summed E-state index contributed by atoms with van der Waals surface area (Å²) in [5.74, 6) is 1.06. The molecule has 2 heteroatoms. The first-order valence-corrected chi connectivity index (χ1v) is 4.40. The first-order valence-electron chi connectivity index (χ1n) is 4.40. The molecule has 0 saturated heterocycles. The zero-order chi connectivity index (χ0) is 8.81. The molecule has 0 aromatic heterocycles. The van der Waals surface area contributed by atoms with Crippen LogP contribution < -0.4 is 0 Å². The van der Waals surface area contributed by atoms with Crippen molar-refractivity contribution in [3.8, 4) is 0 Å². The minimum atomic E-state index is 0.290. The van der Waals surface area contributed by atoms with Crippen LogP contribution in [0.25, 0.3) is 0 Å². The SMILES string of the molecule is COC1=CC=C(CCCO)CC1. The molecule has 0 saturated carbocycles. The molecule has 0 fully saturated rings. The Kier molecular flexibility index (Phi) is 3.88. The average Bonchev–Trinajstić information content (AvgIpc) is 2.15. The predicted octanol–water partition coefficient (Wildman–Crippen LogP) is 2.01. The molecule has 0 aliphatic heterocycles. The molecule has 0 spiro atoms. The van der Waals surface area contributed by atoms with E-state index in [0.717, 1.165) is 31.4 Å². The molecule has 2 nitrogen and oxygen atoms in total. The summed E-state index contributed by atoms with van der Waals surface area (Å²) in [7, 11) is 1.71. The maximum atomic E-state index is 8.63. The van der Waals surface area contributed by atoms with E-state index >= 15 is 0 Å². The Labute approximate surface area is 73.5 Å². The normalized spacial score (nSPS) is 16.8. The highest BCUT2D eigenvalue weighted by molar-refractivity contribution is 5.20. The van der Waals surface area contributed by atoms with Crippen molar-refractivity contribution < 1.29 is 9.84 Å². The van der Waals surface area contributed by atoms with Crippen LogP contribution in [-0.2, 0) is 4.74 Å². The van der Waals surface area contributed by atoms with Gasteiger partial charge in [-0.1, -0.05) is 11.6 Å². The Hall–Kier alpha value is -0.760. The number of aliphatic hydroxyl groups is 1. The van der Waals surface area contributed by atoms with Gasteiger partial charge in [0, 0.05) is 13.0 Å². The van der Waals surface area contributed by atoms with E-state index in [2.05, 4.69) is 6.08 Å². The van der Waals surface area contributed by atoms with E-state index in [4.69, 9.17) is 9.84 Å². The maximum Gasteiger partial charge on any atom is 0.0958 e. The molecule has 68 valence electrons. The van der Waals surface area contributed by atoms with E-state index in [1.165, 1.54) is 5.57 Å². The summed E-state index contributed by atoms with van der Waals surface area (Å²) in [6.07, 6.45) is 8.12. The van der Waals surface area contributed by atoms with E-state index in [1.807, 2.05) is 6.08 Å². The first kappa shape index (κ1) is 9.33. The number of hydrogen-bond donors (Lipinski definition) is 1. The van der Waals surface area contributed by atoms with Gasteiger partial charge in [-0.3, -0.25) is 0 Å². The quantitative estimate of drug-likeness (QED) is 0.695. The maximum absolute atomic E-state index is 8.63. The molecule has 0 amide bonds. The van der Waals surface area contributed by atoms with Crippen LogP contribution in [0.5, 0.6) is 0 Å². The van der Waals surface area contributed by atoms with Crippen molar-refractivity contribution in [2.24, 2.45) is 0 Å². The van der Waals surface area contributed by atoms with E-state index < -0.39 is 0 Å². The van der Waals surface area contributed by atoms with Crippen molar-refractivity contribution in [3.05, 3.63) is 23.5 Å². The Morgan fingerprint density at radius 3 is 2.75 bits per heavy atom. The fourth-order valence-electron chi connectivity index (χ4n) is 1.35. The van der Waals surface area contributed by atoms with Gasteiger partial charge in [0.25, 0.3) is 0 Å². The van der Waals surface area contributed by atoms with Gasteiger partial charge < -0.3 is 9.84 Å². The van der Waals surface area contributed by atoms with Crippen molar-refractivity contribution in [1.29, 1.82) is 0 Å². The highest BCUT2D eigenvalue weighted by Crippen LogP contribution is 2.21. The molecule has 1 aliphatic carbocycles. The highest BCUT2D eigenvalue weighted by Gasteiger charge is 2.05. The standard InChI is InChI=1S/C10H16O2/c1-12-10-6-4-9(5-7-10)3-2-8-11/h4,6,11H,2-3,5,7-8H2,1H3. The van der Waals surface area contributed by atoms with E-state index in [1.54, 1.807) is 7.11 Å². The van der Waals surface area contributed by atoms with Gasteiger partial charge in [0.15, 0.2) is 0 Å². The number of allylic oxidation sites excluding steroid dienone is 4. The third-order valence-electron chi connectivity index (χ3n) is 2.12.